The number of methoxy groups -OCH3 is 1. The maximum atomic E-state index is 13.3. The monoisotopic (exact) mass is 400 g/mol. The second kappa shape index (κ2) is 7.28. The molecule has 7 heteroatoms. The molecule has 0 aromatic heterocycles. The molecule has 2 atom stereocenters. The molecule has 2 aromatic carbocycles. The zero-order valence-corrected chi connectivity index (χ0v) is 15.9. The number of hydrogen-bond acceptors (Lipinski definition) is 3. The van der Waals surface area contributed by atoms with Crippen molar-refractivity contribution in [2.24, 2.45) is 0 Å². The van der Waals surface area contributed by atoms with Gasteiger partial charge in [-0.1, -0.05) is 23.7 Å². The summed E-state index contributed by atoms with van der Waals surface area (Å²) in [7, 11) is 1.54. The van der Waals surface area contributed by atoms with E-state index < -0.39 is 6.04 Å². The van der Waals surface area contributed by atoms with Crippen molar-refractivity contribution in [1.82, 2.24) is 4.90 Å². The highest BCUT2D eigenvalue weighted by Crippen LogP contribution is 2.41. The first kappa shape index (κ1) is 18.5. The van der Waals surface area contributed by atoms with Gasteiger partial charge in [0, 0.05) is 17.6 Å². The lowest BCUT2D eigenvalue weighted by atomic mass is 10.2. The number of hydrogen-bond donors (Lipinski definition) is 0. The molecule has 2 saturated heterocycles. The summed E-state index contributed by atoms with van der Waals surface area (Å²) in [6.45, 7) is 0.429. The largest absolute Gasteiger partial charge is 0.495 e. The SMILES string of the molecule is COc1ccc(Cl)cc1N1C(=O)[C@@H]2C[C@H]1CN2C(=O)/C=C/c1cccc(F)c1. The first-order valence-corrected chi connectivity index (χ1v) is 9.26. The van der Waals surface area contributed by atoms with Crippen molar-refractivity contribution >= 4 is 35.2 Å². The Morgan fingerprint density at radius 2 is 2.11 bits per heavy atom. The van der Waals surface area contributed by atoms with Crippen LogP contribution in [-0.2, 0) is 9.59 Å². The minimum Gasteiger partial charge on any atom is -0.495 e. The van der Waals surface area contributed by atoms with Gasteiger partial charge in [0.1, 0.15) is 17.6 Å². The summed E-state index contributed by atoms with van der Waals surface area (Å²) in [5.74, 6) is -0.211. The molecular formula is C21H18ClFN2O3. The molecule has 144 valence electrons. The van der Waals surface area contributed by atoms with Crippen LogP contribution >= 0.6 is 11.6 Å². The van der Waals surface area contributed by atoms with E-state index in [9.17, 15) is 14.0 Å². The van der Waals surface area contributed by atoms with Crippen molar-refractivity contribution in [3.63, 3.8) is 0 Å². The van der Waals surface area contributed by atoms with E-state index in [0.717, 1.165) is 0 Å². The number of ether oxygens (including phenoxy) is 1. The molecule has 0 unspecified atom stereocenters. The molecule has 0 radical (unpaired) electrons. The lowest BCUT2D eigenvalue weighted by molar-refractivity contribution is -0.134. The van der Waals surface area contributed by atoms with E-state index in [1.807, 2.05) is 0 Å². The van der Waals surface area contributed by atoms with Crippen LogP contribution in [0.5, 0.6) is 5.75 Å². The number of rotatable bonds is 4. The molecule has 28 heavy (non-hydrogen) atoms. The number of fused-ring (bicyclic) bond motifs is 2. The van der Waals surface area contributed by atoms with Crippen LogP contribution in [0.1, 0.15) is 12.0 Å². The van der Waals surface area contributed by atoms with Gasteiger partial charge in [0.2, 0.25) is 11.8 Å². The Morgan fingerprint density at radius 3 is 2.82 bits per heavy atom. The summed E-state index contributed by atoms with van der Waals surface area (Å²) in [5, 5.41) is 0.511. The molecule has 2 aliphatic rings. The Kier molecular flexibility index (Phi) is 4.81. The molecule has 2 aromatic rings. The van der Waals surface area contributed by atoms with Crippen molar-refractivity contribution in [2.45, 2.75) is 18.5 Å². The van der Waals surface area contributed by atoms with Crippen LogP contribution in [0.25, 0.3) is 6.08 Å². The first-order valence-electron chi connectivity index (χ1n) is 8.89. The van der Waals surface area contributed by atoms with Crippen LogP contribution in [0, 0.1) is 5.82 Å². The quantitative estimate of drug-likeness (QED) is 0.738. The number of anilines is 1. The predicted octanol–water partition coefficient (Wildman–Crippen LogP) is 3.52. The lowest BCUT2D eigenvalue weighted by Gasteiger charge is -2.34. The minimum absolute atomic E-state index is 0.128. The van der Waals surface area contributed by atoms with Gasteiger partial charge in [0.25, 0.3) is 0 Å². The van der Waals surface area contributed by atoms with Crippen LogP contribution in [-0.4, -0.2) is 42.5 Å². The number of nitrogens with zero attached hydrogens (tertiary/aromatic N) is 2. The highest BCUT2D eigenvalue weighted by Gasteiger charge is 2.52. The number of piperazine rings is 1. The summed E-state index contributed by atoms with van der Waals surface area (Å²) >= 11 is 6.10. The fourth-order valence-corrected chi connectivity index (χ4v) is 4.03. The van der Waals surface area contributed by atoms with Crippen LogP contribution in [0.2, 0.25) is 5.02 Å². The third kappa shape index (κ3) is 3.24. The van der Waals surface area contributed by atoms with Gasteiger partial charge in [0.05, 0.1) is 18.8 Å². The highest BCUT2D eigenvalue weighted by atomic mass is 35.5. The molecule has 0 aliphatic carbocycles. The van der Waals surface area contributed by atoms with Gasteiger partial charge in [-0.15, -0.1) is 0 Å². The van der Waals surface area contributed by atoms with Gasteiger partial charge in [-0.05, 0) is 48.4 Å². The van der Waals surface area contributed by atoms with E-state index in [0.29, 0.717) is 35.0 Å². The van der Waals surface area contributed by atoms with Crippen molar-refractivity contribution in [1.29, 1.82) is 0 Å². The number of carbonyl (C=O) groups excluding carboxylic acids is 2. The van der Waals surface area contributed by atoms with E-state index in [-0.39, 0.29) is 23.7 Å². The number of likely N-dealkylation sites (tertiary alicyclic amines) is 1. The van der Waals surface area contributed by atoms with Crippen molar-refractivity contribution in [2.75, 3.05) is 18.6 Å². The summed E-state index contributed by atoms with van der Waals surface area (Å²) < 4.78 is 18.6. The molecule has 2 aliphatic heterocycles. The smallest absolute Gasteiger partial charge is 0.250 e. The van der Waals surface area contributed by atoms with Crippen LogP contribution < -0.4 is 9.64 Å². The zero-order valence-electron chi connectivity index (χ0n) is 15.1. The van der Waals surface area contributed by atoms with Crippen LogP contribution in [0.3, 0.4) is 0 Å². The lowest BCUT2D eigenvalue weighted by Crippen LogP contribution is -2.52. The predicted molar refractivity (Wildman–Crippen MR) is 105 cm³/mol. The van der Waals surface area contributed by atoms with Crippen molar-refractivity contribution < 1.29 is 18.7 Å². The second-order valence-electron chi connectivity index (χ2n) is 6.81. The van der Waals surface area contributed by atoms with Crippen LogP contribution in [0.4, 0.5) is 10.1 Å². The molecule has 2 amide bonds. The molecule has 2 fully saturated rings. The third-order valence-corrected chi connectivity index (χ3v) is 5.35. The van der Waals surface area contributed by atoms with Gasteiger partial charge < -0.3 is 14.5 Å². The number of benzene rings is 2. The van der Waals surface area contributed by atoms with Gasteiger partial charge >= 0.3 is 0 Å². The Hall–Kier alpha value is -2.86. The van der Waals surface area contributed by atoms with E-state index in [1.54, 1.807) is 53.3 Å². The molecule has 2 heterocycles. The molecular weight excluding hydrogens is 383 g/mol. The van der Waals surface area contributed by atoms with E-state index >= 15 is 0 Å². The molecule has 2 bridgehead atoms. The minimum atomic E-state index is -0.515. The Labute approximate surface area is 166 Å². The van der Waals surface area contributed by atoms with Crippen molar-refractivity contribution in [3.8, 4) is 5.75 Å². The molecule has 5 nitrogen and oxygen atoms in total. The van der Waals surface area contributed by atoms with Crippen LogP contribution in [0.15, 0.2) is 48.5 Å². The normalized spacial score (nSPS) is 21.0. The molecule has 0 spiro atoms. The van der Waals surface area contributed by atoms with Gasteiger partial charge in [-0.3, -0.25) is 9.59 Å². The maximum absolute atomic E-state index is 13.3. The number of halogens is 2. The van der Waals surface area contributed by atoms with Gasteiger partial charge in [-0.2, -0.15) is 0 Å². The summed E-state index contributed by atoms with van der Waals surface area (Å²) in [4.78, 5) is 28.8. The average molecular weight is 401 g/mol. The second-order valence-corrected chi connectivity index (χ2v) is 7.25. The Morgan fingerprint density at radius 1 is 1.29 bits per heavy atom. The maximum Gasteiger partial charge on any atom is 0.250 e. The Bertz CT molecular complexity index is 978. The van der Waals surface area contributed by atoms with Crippen molar-refractivity contribution in [3.05, 3.63) is 64.9 Å². The Balaban J connectivity index is 1.52. The van der Waals surface area contributed by atoms with Gasteiger partial charge in [0.15, 0.2) is 0 Å². The van der Waals surface area contributed by atoms with E-state index in [2.05, 4.69) is 0 Å². The van der Waals surface area contributed by atoms with E-state index in [4.69, 9.17) is 16.3 Å². The molecule has 4 rings (SSSR count). The first-order chi connectivity index (χ1) is 13.5. The van der Waals surface area contributed by atoms with Gasteiger partial charge in [-0.25, -0.2) is 4.39 Å². The fraction of sp³-hybridized carbons (Fsp3) is 0.238. The summed E-state index contributed by atoms with van der Waals surface area (Å²) in [6, 6.07) is 10.5. The molecule has 0 N–H and O–H groups in total. The highest BCUT2D eigenvalue weighted by molar-refractivity contribution is 6.31. The fourth-order valence-electron chi connectivity index (χ4n) is 3.86. The topological polar surface area (TPSA) is 49.9 Å². The number of carbonyl (C=O) groups is 2. The standard InChI is InChI=1S/C21H18ClFN2O3/c1-28-19-7-6-14(22)10-17(19)25-16-11-18(21(25)27)24(12-16)20(26)8-5-13-3-2-4-15(23)9-13/h2-10,16,18H,11-12H2,1H3/b8-5+/t16-,18-/m0/s1. The summed E-state index contributed by atoms with van der Waals surface area (Å²) in [5.41, 5.74) is 1.21. The average Bonchev–Trinajstić information content (AvgIpc) is 3.24. The third-order valence-electron chi connectivity index (χ3n) is 5.12. The van der Waals surface area contributed by atoms with E-state index in [1.165, 1.54) is 18.2 Å². The summed E-state index contributed by atoms with van der Waals surface area (Å²) in [6.07, 6.45) is 3.50. The molecule has 0 saturated carbocycles. The number of amides is 2. The zero-order chi connectivity index (χ0) is 19.8.